The predicted octanol–water partition coefficient (Wildman–Crippen LogP) is 4.96. The molecule has 11 heteroatoms. The highest BCUT2D eigenvalue weighted by molar-refractivity contribution is 5.97. The number of likely N-dealkylation sites (tertiary alicyclic amines) is 2. The van der Waals surface area contributed by atoms with Crippen LogP contribution in [0, 0.1) is 11.6 Å². The average Bonchev–Trinajstić information content (AvgIpc) is 3.57. The molecule has 5 heterocycles. The number of carbonyl (C=O) groups is 2. The molecule has 9 nitrogen and oxygen atoms in total. The number of carbonyl (C=O) groups excluding carboxylic acids is 2. The number of amides is 2. The predicted molar refractivity (Wildman–Crippen MR) is 162 cm³/mol. The van der Waals surface area contributed by atoms with Crippen molar-refractivity contribution in [2.75, 3.05) is 32.7 Å². The van der Waals surface area contributed by atoms with E-state index in [2.05, 4.69) is 10.00 Å². The van der Waals surface area contributed by atoms with Gasteiger partial charge >= 0.3 is 6.09 Å². The van der Waals surface area contributed by atoms with Gasteiger partial charge in [-0.15, -0.1) is 0 Å². The third-order valence-corrected chi connectivity index (χ3v) is 10.0. The molecule has 45 heavy (non-hydrogen) atoms. The Morgan fingerprint density at radius 1 is 0.867 bits per heavy atom. The van der Waals surface area contributed by atoms with E-state index in [4.69, 9.17) is 4.74 Å². The molecule has 2 amide bonds. The molecule has 3 saturated heterocycles. The number of rotatable bonds is 5. The second-order valence-electron chi connectivity index (χ2n) is 12.5. The lowest BCUT2D eigenvalue weighted by Gasteiger charge is -2.43. The van der Waals surface area contributed by atoms with Crippen LogP contribution in [-0.4, -0.2) is 81.3 Å². The van der Waals surface area contributed by atoms with Crippen molar-refractivity contribution in [1.29, 1.82) is 0 Å². The molecule has 0 N–H and O–H groups in total. The molecule has 3 fully saturated rings. The van der Waals surface area contributed by atoms with Gasteiger partial charge < -0.3 is 19.4 Å². The van der Waals surface area contributed by atoms with Gasteiger partial charge in [0.05, 0.1) is 18.3 Å². The van der Waals surface area contributed by atoms with Crippen LogP contribution in [-0.2, 0) is 0 Å². The van der Waals surface area contributed by atoms with Crippen molar-refractivity contribution in [3.63, 3.8) is 0 Å². The van der Waals surface area contributed by atoms with Gasteiger partial charge in [0.1, 0.15) is 0 Å². The van der Waals surface area contributed by atoms with Crippen LogP contribution in [0.25, 0.3) is 0 Å². The maximum atomic E-state index is 15.5. The van der Waals surface area contributed by atoms with Crippen molar-refractivity contribution in [2.45, 2.75) is 69.0 Å². The molecule has 0 bridgehead atoms. The van der Waals surface area contributed by atoms with E-state index < -0.39 is 47.1 Å². The highest BCUT2D eigenvalue weighted by Gasteiger charge is 2.49. The molecule has 0 unspecified atom stereocenters. The van der Waals surface area contributed by atoms with Gasteiger partial charge in [-0.2, -0.15) is 5.10 Å². The van der Waals surface area contributed by atoms with Crippen LogP contribution in [0.5, 0.6) is 5.75 Å². The van der Waals surface area contributed by atoms with Crippen molar-refractivity contribution in [3.05, 3.63) is 93.4 Å². The zero-order chi connectivity index (χ0) is 31.1. The Kier molecular flexibility index (Phi) is 8.12. The Bertz CT molecular complexity index is 1640. The summed E-state index contributed by atoms with van der Waals surface area (Å²) in [7, 11) is 0. The molecule has 0 spiro atoms. The van der Waals surface area contributed by atoms with Crippen LogP contribution >= 0.6 is 0 Å². The lowest BCUT2D eigenvalue weighted by Crippen LogP contribution is -2.52. The molecule has 4 aliphatic rings. The van der Waals surface area contributed by atoms with Crippen LogP contribution < -0.4 is 10.2 Å². The number of hydrogen-bond acceptors (Lipinski definition) is 6. The number of piperidine rings is 2. The van der Waals surface area contributed by atoms with Gasteiger partial charge in [-0.05, 0) is 63.2 Å². The zero-order valence-corrected chi connectivity index (χ0v) is 25.1. The van der Waals surface area contributed by atoms with Crippen LogP contribution in [0.2, 0.25) is 0 Å². The van der Waals surface area contributed by atoms with E-state index in [0.29, 0.717) is 44.1 Å². The molecule has 2 aromatic carbocycles. The summed E-state index contributed by atoms with van der Waals surface area (Å²) in [6, 6.07) is 12.6. The fraction of sp³-hybridized carbons (Fsp3) is 0.471. The Labute approximate surface area is 260 Å². The first-order valence-corrected chi connectivity index (χ1v) is 16.0. The van der Waals surface area contributed by atoms with Crippen LogP contribution in [0.15, 0.2) is 59.5 Å². The van der Waals surface area contributed by atoms with E-state index in [-0.39, 0.29) is 17.0 Å². The van der Waals surface area contributed by atoms with E-state index in [1.54, 1.807) is 15.9 Å². The molecule has 4 aliphatic heterocycles. The molecule has 0 aliphatic carbocycles. The van der Waals surface area contributed by atoms with Gasteiger partial charge in [0.2, 0.25) is 11.2 Å². The first-order chi connectivity index (χ1) is 21.9. The summed E-state index contributed by atoms with van der Waals surface area (Å²) in [4.78, 5) is 46.5. The van der Waals surface area contributed by atoms with Crippen molar-refractivity contribution >= 4 is 12.0 Å². The third kappa shape index (κ3) is 5.41. The molecule has 0 radical (unpaired) electrons. The zero-order valence-electron chi connectivity index (χ0n) is 25.1. The molecule has 7 rings (SSSR count). The monoisotopic (exact) mass is 617 g/mol. The lowest BCUT2D eigenvalue weighted by molar-refractivity contribution is 0.0559. The van der Waals surface area contributed by atoms with Crippen molar-refractivity contribution in [2.24, 2.45) is 0 Å². The quantitative estimate of drug-likeness (QED) is 0.402. The number of ether oxygens (including phenoxy) is 1. The topological polar surface area (TPSA) is 88.0 Å². The van der Waals surface area contributed by atoms with Crippen LogP contribution in [0.1, 0.15) is 78.5 Å². The maximum absolute atomic E-state index is 15.5. The minimum atomic E-state index is -0.977. The second-order valence-corrected chi connectivity index (χ2v) is 12.5. The molecule has 236 valence electrons. The standard InChI is InChI=1S/C34H37F2N5O4/c35-25-12-7-11-24(29(25)36)28(22-9-3-1-4-10-22)30-26-13-8-18-40(26)33(43)31-32(27(42)21-37-41(30)31)45-34(44)39-19-14-23(15-20-39)38-16-5-2-6-17-38/h1,3-4,7,9-12,21,23,26,28,30H,2,5-6,8,13-20H2/t26-,28-,30-/m1/s1. The summed E-state index contributed by atoms with van der Waals surface area (Å²) >= 11 is 0. The number of fused-ring (bicyclic) bond motifs is 2. The molecule has 3 aromatic rings. The first-order valence-electron chi connectivity index (χ1n) is 16.0. The molecular formula is C34H37F2N5O4. The highest BCUT2D eigenvalue weighted by Crippen LogP contribution is 2.46. The Morgan fingerprint density at radius 2 is 1.62 bits per heavy atom. The summed E-state index contributed by atoms with van der Waals surface area (Å²) in [5.74, 6) is -3.55. The molecular weight excluding hydrogens is 580 g/mol. The Morgan fingerprint density at radius 3 is 2.38 bits per heavy atom. The summed E-state index contributed by atoms with van der Waals surface area (Å²) in [5, 5.41) is 4.41. The van der Waals surface area contributed by atoms with Crippen molar-refractivity contribution < 1.29 is 23.1 Å². The van der Waals surface area contributed by atoms with Crippen LogP contribution in [0.3, 0.4) is 0 Å². The first kappa shape index (κ1) is 29.6. The Hall–Kier alpha value is -4.12. The maximum Gasteiger partial charge on any atom is 0.415 e. The van der Waals surface area contributed by atoms with Gasteiger partial charge in [-0.3, -0.25) is 9.59 Å². The molecule has 1 aromatic heterocycles. The summed E-state index contributed by atoms with van der Waals surface area (Å²) in [6.45, 7) is 3.58. The van der Waals surface area contributed by atoms with Gasteiger partial charge in [-0.25, -0.2) is 18.3 Å². The van der Waals surface area contributed by atoms with Gasteiger partial charge in [-0.1, -0.05) is 48.9 Å². The van der Waals surface area contributed by atoms with E-state index in [1.165, 1.54) is 30.0 Å². The number of hydrogen-bond donors (Lipinski definition) is 0. The number of benzene rings is 2. The Balaban J connectivity index is 1.25. The average molecular weight is 618 g/mol. The van der Waals surface area contributed by atoms with Crippen LogP contribution in [0.4, 0.5) is 13.6 Å². The van der Waals surface area contributed by atoms with Gasteiger partial charge in [0.25, 0.3) is 5.91 Å². The summed E-state index contributed by atoms with van der Waals surface area (Å²) in [6.07, 6.45) is 6.96. The highest BCUT2D eigenvalue weighted by atomic mass is 19.2. The minimum absolute atomic E-state index is 0.119. The van der Waals surface area contributed by atoms with Crippen molar-refractivity contribution in [3.8, 4) is 5.75 Å². The third-order valence-electron chi connectivity index (χ3n) is 10.0. The smallest absolute Gasteiger partial charge is 0.403 e. The SMILES string of the molecule is O=C(Oc1c2n(ncc1=O)[C@@H]([C@H](c1ccccc1)c1cccc(F)c1F)[C@H]1CCCN1C2=O)N1CCC(N2CCCCC2)CC1. The van der Waals surface area contributed by atoms with Gasteiger partial charge in [0, 0.05) is 37.2 Å². The number of aromatic nitrogens is 2. The largest absolute Gasteiger partial charge is 0.415 e. The van der Waals surface area contributed by atoms with E-state index in [1.807, 2.05) is 30.3 Å². The normalized spacial score (nSPS) is 23.0. The second kappa shape index (κ2) is 12.3. The summed E-state index contributed by atoms with van der Waals surface area (Å²) in [5.41, 5.74) is -0.000526. The van der Waals surface area contributed by atoms with E-state index >= 15 is 4.39 Å². The fourth-order valence-electron chi connectivity index (χ4n) is 7.86. The lowest BCUT2D eigenvalue weighted by atomic mass is 9.79. The van der Waals surface area contributed by atoms with Gasteiger partial charge in [0.15, 0.2) is 17.3 Å². The summed E-state index contributed by atoms with van der Waals surface area (Å²) < 4.78 is 37.4. The number of nitrogens with zero attached hydrogens (tertiary/aromatic N) is 5. The molecule has 3 atom stereocenters. The van der Waals surface area contributed by atoms with E-state index in [9.17, 15) is 18.8 Å². The fourth-order valence-corrected chi connectivity index (χ4v) is 7.86. The van der Waals surface area contributed by atoms with E-state index in [0.717, 1.165) is 38.2 Å². The molecule has 0 saturated carbocycles. The minimum Gasteiger partial charge on any atom is -0.403 e. The number of halogens is 2. The van der Waals surface area contributed by atoms with Crippen molar-refractivity contribution in [1.82, 2.24) is 24.5 Å².